The number of nitrogens with zero attached hydrogens (tertiary/aromatic N) is 3. The lowest BCUT2D eigenvalue weighted by Gasteiger charge is -2.31. The van der Waals surface area contributed by atoms with Crippen molar-refractivity contribution < 1.29 is 4.74 Å². The Kier molecular flexibility index (Phi) is 6.18. The zero-order chi connectivity index (χ0) is 14.3. The molecule has 1 rings (SSSR count). The van der Waals surface area contributed by atoms with Gasteiger partial charge in [-0.05, 0) is 40.9 Å². The van der Waals surface area contributed by atoms with Crippen LogP contribution < -0.4 is 10.1 Å². The molecule has 0 unspecified atom stereocenters. The molecule has 19 heavy (non-hydrogen) atoms. The molecule has 5 nitrogen and oxygen atoms in total. The average Bonchev–Trinajstić information content (AvgIpc) is 2.38. The van der Waals surface area contributed by atoms with Crippen LogP contribution in [0.1, 0.15) is 32.9 Å². The summed E-state index contributed by atoms with van der Waals surface area (Å²) >= 11 is 0. The van der Waals surface area contributed by atoms with Gasteiger partial charge >= 0.3 is 0 Å². The zero-order valence-electron chi connectivity index (χ0n) is 12.7. The van der Waals surface area contributed by atoms with Crippen molar-refractivity contribution in [2.75, 3.05) is 27.2 Å². The van der Waals surface area contributed by atoms with Crippen LogP contribution in [0.5, 0.6) is 5.88 Å². The highest BCUT2D eigenvalue weighted by molar-refractivity contribution is 5.07. The molecule has 0 aromatic carbocycles. The van der Waals surface area contributed by atoms with Crippen molar-refractivity contribution >= 4 is 0 Å². The van der Waals surface area contributed by atoms with Crippen LogP contribution in [0.4, 0.5) is 0 Å². The van der Waals surface area contributed by atoms with Gasteiger partial charge in [-0.2, -0.15) is 0 Å². The molecule has 108 valence electrons. The summed E-state index contributed by atoms with van der Waals surface area (Å²) in [4.78, 5) is 10.7. The highest BCUT2D eigenvalue weighted by Crippen LogP contribution is 2.13. The van der Waals surface area contributed by atoms with Crippen LogP contribution in [0.15, 0.2) is 12.4 Å². The Bertz CT molecular complexity index is 362. The molecular weight excluding hydrogens is 240 g/mol. The van der Waals surface area contributed by atoms with Gasteiger partial charge in [-0.15, -0.1) is 0 Å². The summed E-state index contributed by atoms with van der Waals surface area (Å²) in [7, 11) is 4.08. The highest BCUT2D eigenvalue weighted by atomic mass is 16.5. The topological polar surface area (TPSA) is 50.3 Å². The van der Waals surface area contributed by atoms with Crippen LogP contribution in [0.25, 0.3) is 0 Å². The largest absolute Gasteiger partial charge is 0.475 e. The first kappa shape index (κ1) is 15.9. The van der Waals surface area contributed by atoms with Gasteiger partial charge in [0.1, 0.15) is 6.61 Å². The zero-order valence-corrected chi connectivity index (χ0v) is 12.7. The molecular formula is C14H26N4O. The second-order valence-corrected chi connectivity index (χ2v) is 5.52. The van der Waals surface area contributed by atoms with Crippen LogP contribution in [-0.2, 0) is 6.54 Å². The summed E-state index contributed by atoms with van der Waals surface area (Å²) in [6.07, 6.45) is 4.57. The van der Waals surface area contributed by atoms with Crippen LogP contribution in [0.2, 0.25) is 0 Å². The monoisotopic (exact) mass is 266 g/mol. The molecule has 1 heterocycles. The van der Waals surface area contributed by atoms with E-state index in [1.54, 1.807) is 12.4 Å². The Balaban J connectivity index is 2.44. The van der Waals surface area contributed by atoms with E-state index in [9.17, 15) is 0 Å². The molecule has 0 amide bonds. The Morgan fingerprint density at radius 1 is 1.26 bits per heavy atom. The van der Waals surface area contributed by atoms with E-state index in [1.165, 1.54) is 0 Å². The van der Waals surface area contributed by atoms with Gasteiger partial charge in [0, 0.05) is 12.1 Å². The Hall–Kier alpha value is -1.20. The molecule has 1 N–H and O–H groups in total. The van der Waals surface area contributed by atoms with Gasteiger partial charge < -0.3 is 15.0 Å². The second kappa shape index (κ2) is 7.40. The third-order valence-electron chi connectivity index (χ3n) is 3.20. The number of rotatable bonds is 8. The average molecular weight is 266 g/mol. The Labute approximate surface area is 116 Å². The SMILES string of the molecule is CCCNCc1cnc(OCC(C)(C)N(C)C)cn1. The van der Waals surface area contributed by atoms with Crippen molar-refractivity contribution in [2.24, 2.45) is 0 Å². The number of hydrogen-bond donors (Lipinski definition) is 1. The smallest absolute Gasteiger partial charge is 0.232 e. The first-order chi connectivity index (χ1) is 8.95. The van der Waals surface area contributed by atoms with E-state index in [2.05, 4.69) is 41.0 Å². The van der Waals surface area contributed by atoms with Crippen molar-refractivity contribution in [1.82, 2.24) is 20.2 Å². The van der Waals surface area contributed by atoms with Crippen LogP contribution in [-0.4, -0.2) is 47.7 Å². The van der Waals surface area contributed by atoms with Crippen molar-refractivity contribution in [3.05, 3.63) is 18.1 Å². The maximum atomic E-state index is 5.68. The van der Waals surface area contributed by atoms with Gasteiger partial charge in [0.15, 0.2) is 0 Å². The van der Waals surface area contributed by atoms with Crippen LogP contribution >= 0.6 is 0 Å². The summed E-state index contributed by atoms with van der Waals surface area (Å²) < 4.78 is 5.68. The molecule has 0 atom stereocenters. The molecule has 5 heteroatoms. The van der Waals surface area contributed by atoms with E-state index in [0.717, 1.165) is 25.2 Å². The predicted octanol–water partition coefficient (Wildman–Crippen LogP) is 1.70. The van der Waals surface area contributed by atoms with E-state index >= 15 is 0 Å². The molecule has 0 radical (unpaired) electrons. The van der Waals surface area contributed by atoms with Gasteiger partial charge in [-0.25, -0.2) is 4.98 Å². The maximum Gasteiger partial charge on any atom is 0.232 e. The van der Waals surface area contributed by atoms with Gasteiger partial charge in [-0.1, -0.05) is 6.92 Å². The fraction of sp³-hybridized carbons (Fsp3) is 0.714. The molecule has 0 bridgehead atoms. The molecule has 0 aliphatic rings. The minimum atomic E-state index is -0.0248. The molecule has 0 aliphatic heterocycles. The van der Waals surface area contributed by atoms with Gasteiger partial charge in [0.05, 0.1) is 18.1 Å². The summed E-state index contributed by atoms with van der Waals surface area (Å²) in [6.45, 7) is 8.73. The fourth-order valence-electron chi connectivity index (χ4n) is 1.28. The summed E-state index contributed by atoms with van der Waals surface area (Å²) in [5.41, 5.74) is 0.913. The predicted molar refractivity (Wildman–Crippen MR) is 77.3 cm³/mol. The quantitative estimate of drug-likeness (QED) is 0.726. The maximum absolute atomic E-state index is 5.68. The first-order valence-corrected chi connectivity index (χ1v) is 6.77. The summed E-state index contributed by atoms with van der Waals surface area (Å²) in [6, 6.07) is 0. The standard InChI is InChI=1S/C14H26N4O/c1-6-7-15-8-12-9-17-13(10-16-12)19-11-14(2,3)18(4)5/h9-10,15H,6-8,11H2,1-5H3. The third kappa shape index (κ3) is 5.53. The minimum Gasteiger partial charge on any atom is -0.475 e. The van der Waals surface area contributed by atoms with Crippen molar-refractivity contribution in [1.29, 1.82) is 0 Å². The number of likely N-dealkylation sites (N-methyl/N-ethyl adjacent to an activating group) is 1. The van der Waals surface area contributed by atoms with Gasteiger partial charge in [0.2, 0.25) is 5.88 Å². The molecule has 1 aromatic heterocycles. The highest BCUT2D eigenvalue weighted by Gasteiger charge is 2.21. The van der Waals surface area contributed by atoms with Gasteiger partial charge in [-0.3, -0.25) is 4.98 Å². The first-order valence-electron chi connectivity index (χ1n) is 6.77. The number of ether oxygens (including phenoxy) is 1. The van der Waals surface area contributed by atoms with Crippen molar-refractivity contribution in [2.45, 2.75) is 39.3 Å². The van der Waals surface area contributed by atoms with E-state index in [4.69, 9.17) is 4.74 Å². The second-order valence-electron chi connectivity index (χ2n) is 5.52. The lowest BCUT2D eigenvalue weighted by Crippen LogP contribution is -2.43. The molecule has 0 saturated heterocycles. The van der Waals surface area contributed by atoms with Crippen LogP contribution in [0, 0.1) is 0 Å². The van der Waals surface area contributed by atoms with Crippen LogP contribution in [0.3, 0.4) is 0 Å². The number of nitrogens with one attached hydrogen (secondary N) is 1. The fourth-order valence-corrected chi connectivity index (χ4v) is 1.28. The number of aromatic nitrogens is 2. The van der Waals surface area contributed by atoms with E-state index in [1.807, 2.05) is 14.1 Å². The Morgan fingerprint density at radius 3 is 2.53 bits per heavy atom. The lowest BCUT2D eigenvalue weighted by atomic mass is 10.1. The minimum absolute atomic E-state index is 0.0248. The molecule has 0 aliphatic carbocycles. The lowest BCUT2D eigenvalue weighted by molar-refractivity contribution is 0.111. The van der Waals surface area contributed by atoms with E-state index in [-0.39, 0.29) is 5.54 Å². The van der Waals surface area contributed by atoms with Gasteiger partial charge in [0.25, 0.3) is 0 Å². The third-order valence-corrected chi connectivity index (χ3v) is 3.20. The molecule has 0 saturated carbocycles. The number of hydrogen-bond acceptors (Lipinski definition) is 5. The molecule has 1 aromatic rings. The Morgan fingerprint density at radius 2 is 2.00 bits per heavy atom. The van der Waals surface area contributed by atoms with Crippen molar-refractivity contribution in [3.8, 4) is 5.88 Å². The molecule has 0 fully saturated rings. The molecule has 0 spiro atoms. The van der Waals surface area contributed by atoms with E-state index in [0.29, 0.717) is 12.5 Å². The summed E-state index contributed by atoms with van der Waals surface area (Å²) in [5.74, 6) is 0.578. The van der Waals surface area contributed by atoms with Crippen molar-refractivity contribution in [3.63, 3.8) is 0 Å². The summed E-state index contributed by atoms with van der Waals surface area (Å²) in [5, 5.41) is 3.29. The van der Waals surface area contributed by atoms with E-state index < -0.39 is 0 Å². The normalized spacial score (nSPS) is 11.9.